The molecule has 2 amide bonds. The number of nitrogen functional groups attached to an aromatic ring is 1. The fourth-order valence-corrected chi connectivity index (χ4v) is 2.36. The van der Waals surface area contributed by atoms with Crippen molar-refractivity contribution in [2.24, 2.45) is 0 Å². The van der Waals surface area contributed by atoms with E-state index in [4.69, 9.17) is 5.73 Å². The first-order valence-electron chi connectivity index (χ1n) is 6.68. The molecule has 0 bridgehead atoms. The van der Waals surface area contributed by atoms with Crippen molar-refractivity contribution < 1.29 is 14.7 Å². The molecule has 0 aromatic heterocycles. The molecule has 0 saturated carbocycles. The molecule has 6 nitrogen and oxygen atoms in total. The van der Waals surface area contributed by atoms with Crippen molar-refractivity contribution in [3.8, 4) is 5.75 Å². The van der Waals surface area contributed by atoms with Crippen molar-refractivity contribution in [1.82, 2.24) is 10.2 Å². The fraction of sp³-hybridized carbons (Fsp3) is 0.429. The highest BCUT2D eigenvalue weighted by molar-refractivity contribution is 6.00. The summed E-state index contributed by atoms with van der Waals surface area (Å²) in [5.74, 6) is -0.324. The molecule has 108 valence electrons. The number of benzene rings is 1. The van der Waals surface area contributed by atoms with Gasteiger partial charge in [0.2, 0.25) is 5.91 Å². The van der Waals surface area contributed by atoms with Crippen LogP contribution in [0.15, 0.2) is 18.2 Å². The minimum absolute atomic E-state index is 0.0144. The van der Waals surface area contributed by atoms with Crippen molar-refractivity contribution in [2.45, 2.75) is 25.8 Å². The standard InChI is InChI=1S/C14H19N3O3/c1-2-5-17-8-9(6-13(17)19)16-14(20)11-7-10(18)3-4-12(11)15/h3-4,7,9,18H,2,5-6,8,15H2,1H3,(H,16,20). The minimum Gasteiger partial charge on any atom is -0.508 e. The number of aromatic hydroxyl groups is 1. The number of hydrogen-bond donors (Lipinski definition) is 3. The van der Waals surface area contributed by atoms with Crippen molar-refractivity contribution in [3.05, 3.63) is 23.8 Å². The number of anilines is 1. The third-order valence-electron chi connectivity index (χ3n) is 3.32. The lowest BCUT2D eigenvalue weighted by Gasteiger charge is -2.16. The Balaban J connectivity index is 2.02. The van der Waals surface area contributed by atoms with E-state index in [0.29, 0.717) is 25.2 Å². The van der Waals surface area contributed by atoms with Crippen LogP contribution in [0, 0.1) is 0 Å². The summed E-state index contributed by atoms with van der Waals surface area (Å²) in [6.45, 7) is 3.24. The number of phenols is 1. The van der Waals surface area contributed by atoms with Gasteiger partial charge >= 0.3 is 0 Å². The molecule has 1 aromatic carbocycles. The van der Waals surface area contributed by atoms with Crippen molar-refractivity contribution >= 4 is 17.5 Å². The van der Waals surface area contributed by atoms with Gasteiger partial charge in [-0.25, -0.2) is 0 Å². The Kier molecular flexibility index (Phi) is 4.12. The monoisotopic (exact) mass is 277 g/mol. The molecule has 1 saturated heterocycles. The number of nitrogens with two attached hydrogens (primary N) is 1. The summed E-state index contributed by atoms with van der Waals surface area (Å²) in [6.07, 6.45) is 1.20. The van der Waals surface area contributed by atoms with Crippen LogP contribution in [0.25, 0.3) is 0 Å². The van der Waals surface area contributed by atoms with E-state index in [2.05, 4.69) is 5.32 Å². The van der Waals surface area contributed by atoms with Gasteiger partial charge in [0, 0.05) is 25.2 Å². The lowest BCUT2D eigenvalue weighted by atomic mass is 10.1. The number of rotatable bonds is 4. The molecule has 6 heteroatoms. The van der Waals surface area contributed by atoms with Crippen LogP contribution >= 0.6 is 0 Å². The summed E-state index contributed by atoms with van der Waals surface area (Å²) in [7, 11) is 0. The summed E-state index contributed by atoms with van der Waals surface area (Å²) in [5.41, 5.74) is 6.25. The van der Waals surface area contributed by atoms with Gasteiger partial charge in [0.1, 0.15) is 5.75 Å². The summed E-state index contributed by atoms with van der Waals surface area (Å²) >= 11 is 0. The Labute approximate surface area is 117 Å². The van der Waals surface area contributed by atoms with Gasteiger partial charge in [-0.2, -0.15) is 0 Å². The Bertz CT molecular complexity index is 530. The quantitative estimate of drug-likeness (QED) is 0.558. The highest BCUT2D eigenvalue weighted by Gasteiger charge is 2.30. The topological polar surface area (TPSA) is 95.7 Å². The second kappa shape index (κ2) is 5.81. The molecule has 4 N–H and O–H groups in total. The zero-order chi connectivity index (χ0) is 14.7. The number of likely N-dealkylation sites (tertiary alicyclic amines) is 1. The van der Waals surface area contributed by atoms with Gasteiger partial charge in [-0.1, -0.05) is 6.92 Å². The minimum atomic E-state index is -0.366. The average molecular weight is 277 g/mol. The SMILES string of the molecule is CCCN1CC(NC(=O)c2cc(O)ccc2N)CC1=O. The number of carbonyl (C=O) groups excluding carboxylic acids is 2. The van der Waals surface area contributed by atoms with Crippen LogP contribution in [0.2, 0.25) is 0 Å². The normalized spacial score (nSPS) is 18.4. The van der Waals surface area contributed by atoms with Gasteiger partial charge in [0.05, 0.1) is 11.6 Å². The predicted octanol–water partition coefficient (Wildman–Crippen LogP) is 0.715. The molecule has 2 rings (SSSR count). The van der Waals surface area contributed by atoms with Crippen LogP contribution in [0.4, 0.5) is 5.69 Å². The molecule has 1 atom stereocenters. The lowest BCUT2D eigenvalue weighted by molar-refractivity contribution is -0.127. The smallest absolute Gasteiger partial charge is 0.253 e. The van der Waals surface area contributed by atoms with Crippen molar-refractivity contribution in [2.75, 3.05) is 18.8 Å². The molecule has 1 heterocycles. The van der Waals surface area contributed by atoms with E-state index in [-0.39, 0.29) is 29.2 Å². The highest BCUT2D eigenvalue weighted by atomic mass is 16.3. The van der Waals surface area contributed by atoms with E-state index >= 15 is 0 Å². The second-order valence-corrected chi connectivity index (χ2v) is 4.99. The summed E-state index contributed by atoms with van der Waals surface area (Å²) in [4.78, 5) is 25.6. The van der Waals surface area contributed by atoms with E-state index in [9.17, 15) is 14.7 Å². The molecular weight excluding hydrogens is 258 g/mol. The summed E-state index contributed by atoms with van der Waals surface area (Å²) in [6, 6.07) is 4.02. The molecule has 1 aliphatic heterocycles. The van der Waals surface area contributed by atoms with Gasteiger partial charge in [-0.15, -0.1) is 0 Å². The van der Waals surface area contributed by atoms with Crippen LogP contribution in [0.1, 0.15) is 30.1 Å². The second-order valence-electron chi connectivity index (χ2n) is 4.99. The molecular formula is C14H19N3O3. The Morgan fingerprint density at radius 2 is 2.30 bits per heavy atom. The lowest BCUT2D eigenvalue weighted by Crippen LogP contribution is -2.37. The van der Waals surface area contributed by atoms with Crippen molar-refractivity contribution in [1.29, 1.82) is 0 Å². The zero-order valence-corrected chi connectivity index (χ0v) is 11.4. The summed E-state index contributed by atoms with van der Waals surface area (Å²) < 4.78 is 0. The first-order chi connectivity index (χ1) is 9.51. The first-order valence-corrected chi connectivity index (χ1v) is 6.68. The third-order valence-corrected chi connectivity index (χ3v) is 3.32. The number of hydrogen-bond acceptors (Lipinski definition) is 4. The van der Waals surface area contributed by atoms with Crippen molar-refractivity contribution in [3.63, 3.8) is 0 Å². The number of nitrogens with one attached hydrogen (secondary N) is 1. The van der Waals surface area contributed by atoms with Gasteiger partial charge in [-0.05, 0) is 24.6 Å². The molecule has 0 spiro atoms. The van der Waals surface area contributed by atoms with E-state index in [0.717, 1.165) is 6.42 Å². The molecule has 1 aromatic rings. The molecule has 20 heavy (non-hydrogen) atoms. The Hall–Kier alpha value is -2.24. The van der Waals surface area contributed by atoms with Gasteiger partial charge in [0.15, 0.2) is 0 Å². The molecule has 0 radical (unpaired) electrons. The maximum Gasteiger partial charge on any atom is 0.253 e. The van der Waals surface area contributed by atoms with E-state index in [1.165, 1.54) is 18.2 Å². The van der Waals surface area contributed by atoms with Crippen LogP contribution in [0.3, 0.4) is 0 Å². The number of nitrogens with zero attached hydrogens (tertiary/aromatic N) is 1. The van der Waals surface area contributed by atoms with Crippen LogP contribution in [-0.2, 0) is 4.79 Å². The van der Waals surface area contributed by atoms with Gasteiger partial charge in [-0.3, -0.25) is 9.59 Å². The number of amides is 2. The maximum absolute atomic E-state index is 12.1. The van der Waals surface area contributed by atoms with E-state index in [1.54, 1.807) is 4.90 Å². The average Bonchev–Trinajstić information content (AvgIpc) is 2.73. The van der Waals surface area contributed by atoms with Crippen LogP contribution in [0.5, 0.6) is 5.75 Å². The first kappa shape index (κ1) is 14.2. The number of carbonyl (C=O) groups is 2. The van der Waals surface area contributed by atoms with E-state index < -0.39 is 0 Å². The highest BCUT2D eigenvalue weighted by Crippen LogP contribution is 2.19. The van der Waals surface area contributed by atoms with Crippen LogP contribution < -0.4 is 11.1 Å². The van der Waals surface area contributed by atoms with Crippen LogP contribution in [-0.4, -0.2) is 41.0 Å². The largest absolute Gasteiger partial charge is 0.508 e. The van der Waals surface area contributed by atoms with E-state index in [1.807, 2.05) is 6.92 Å². The summed E-state index contributed by atoms with van der Waals surface area (Å²) in [5, 5.41) is 12.2. The maximum atomic E-state index is 12.1. The molecule has 1 aliphatic rings. The molecule has 1 unspecified atom stereocenters. The predicted molar refractivity (Wildman–Crippen MR) is 75.3 cm³/mol. The zero-order valence-electron chi connectivity index (χ0n) is 11.4. The molecule has 1 fully saturated rings. The Morgan fingerprint density at radius 3 is 3.00 bits per heavy atom. The van der Waals surface area contributed by atoms with Gasteiger partial charge in [0.25, 0.3) is 5.91 Å². The fourth-order valence-electron chi connectivity index (χ4n) is 2.36. The number of phenolic OH excluding ortho intramolecular Hbond substituents is 1. The van der Waals surface area contributed by atoms with Gasteiger partial charge < -0.3 is 21.1 Å². The Morgan fingerprint density at radius 1 is 1.55 bits per heavy atom. The molecule has 0 aliphatic carbocycles. The third kappa shape index (κ3) is 3.01.